The Morgan fingerprint density at radius 1 is 1.29 bits per heavy atom. The van der Waals surface area contributed by atoms with E-state index >= 15 is 0 Å². The van der Waals surface area contributed by atoms with Gasteiger partial charge in [0.25, 0.3) is 0 Å². The van der Waals surface area contributed by atoms with Gasteiger partial charge in [-0.2, -0.15) is 5.26 Å². The first-order chi connectivity index (χ1) is 13.5. The number of nitrogens with one attached hydrogen (secondary N) is 1. The summed E-state index contributed by atoms with van der Waals surface area (Å²) in [6, 6.07) is 8.36. The van der Waals surface area contributed by atoms with Crippen molar-refractivity contribution in [1.29, 1.82) is 5.26 Å². The fraction of sp³-hybridized carbons (Fsp3) is 0.429. The molecule has 1 fully saturated rings. The highest BCUT2D eigenvalue weighted by Crippen LogP contribution is 2.36. The molecule has 1 amide bonds. The van der Waals surface area contributed by atoms with Crippen LogP contribution in [0.1, 0.15) is 54.4 Å². The molecule has 7 heteroatoms. The van der Waals surface area contributed by atoms with Gasteiger partial charge in [-0.3, -0.25) is 4.79 Å². The van der Waals surface area contributed by atoms with Gasteiger partial charge < -0.3 is 5.32 Å². The molecule has 0 spiro atoms. The Balaban J connectivity index is 1.71. The Bertz CT molecular complexity index is 889. The summed E-state index contributed by atoms with van der Waals surface area (Å²) in [7, 11) is 0. The van der Waals surface area contributed by atoms with E-state index < -0.39 is 0 Å². The minimum atomic E-state index is -0.283. The average Bonchev–Trinajstić information content (AvgIpc) is 3.19. The first-order valence-corrected chi connectivity index (χ1v) is 10.4. The van der Waals surface area contributed by atoms with E-state index in [0.717, 1.165) is 31.2 Å². The lowest BCUT2D eigenvalue weighted by atomic mass is 9.91. The maximum Gasteiger partial charge on any atom is 0.230 e. The average molecular weight is 399 g/mol. The van der Waals surface area contributed by atoms with Crippen LogP contribution in [0.3, 0.4) is 0 Å². The van der Waals surface area contributed by atoms with E-state index in [2.05, 4.69) is 21.4 Å². The number of thioether (sulfide) groups is 1. The van der Waals surface area contributed by atoms with Crippen molar-refractivity contribution >= 4 is 17.7 Å². The summed E-state index contributed by atoms with van der Waals surface area (Å²) in [4.78, 5) is 21.2. The van der Waals surface area contributed by atoms with Gasteiger partial charge in [0.15, 0.2) is 0 Å². The second kappa shape index (κ2) is 9.16. The van der Waals surface area contributed by atoms with Gasteiger partial charge >= 0.3 is 0 Å². The molecular weight excluding hydrogens is 375 g/mol. The van der Waals surface area contributed by atoms with Gasteiger partial charge in [-0.1, -0.05) is 36.7 Å². The number of amides is 1. The van der Waals surface area contributed by atoms with Gasteiger partial charge in [0.1, 0.15) is 28.3 Å². The Morgan fingerprint density at radius 2 is 1.96 bits per heavy atom. The second-order valence-corrected chi connectivity index (χ2v) is 8.04. The normalized spacial score (nSPS) is 15.2. The number of rotatable bonds is 6. The molecule has 1 N–H and O–H groups in total. The van der Waals surface area contributed by atoms with Crippen molar-refractivity contribution in [3.05, 3.63) is 52.7 Å². The molecule has 2 aromatic rings. The van der Waals surface area contributed by atoms with Crippen molar-refractivity contribution in [2.75, 3.05) is 5.75 Å². The van der Waals surface area contributed by atoms with Crippen LogP contribution >= 0.6 is 11.8 Å². The van der Waals surface area contributed by atoms with Crippen molar-refractivity contribution in [2.45, 2.75) is 50.6 Å². The quantitative estimate of drug-likeness (QED) is 0.581. The number of hydrogen-bond acceptors (Lipinski definition) is 5. The van der Waals surface area contributed by atoms with Crippen LogP contribution in [0.25, 0.3) is 0 Å². The monoisotopic (exact) mass is 398 g/mol. The van der Waals surface area contributed by atoms with Crippen LogP contribution in [0.4, 0.5) is 4.39 Å². The van der Waals surface area contributed by atoms with Crippen LogP contribution in [0.2, 0.25) is 0 Å². The molecule has 1 aliphatic rings. The topological polar surface area (TPSA) is 78.7 Å². The summed E-state index contributed by atoms with van der Waals surface area (Å²) in [6.07, 6.45) is 4.41. The molecule has 1 atom stereocenters. The number of hydrogen-bond donors (Lipinski definition) is 1. The first-order valence-electron chi connectivity index (χ1n) is 9.41. The van der Waals surface area contributed by atoms with Gasteiger partial charge in [-0.25, -0.2) is 14.4 Å². The summed E-state index contributed by atoms with van der Waals surface area (Å²) in [5.74, 6) is 0.695. The maximum atomic E-state index is 13.3. The number of nitrogens with zero attached hydrogens (tertiary/aromatic N) is 3. The van der Waals surface area contributed by atoms with Crippen LogP contribution in [0.15, 0.2) is 29.3 Å². The molecule has 0 bridgehead atoms. The smallest absolute Gasteiger partial charge is 0.230 e. The molecule has 146 valence electrons. The van der Waals surface area contributed by atoms with Gasteiger partial charge in [0, 0.05) is 0 Å². The van der Waals surface area contributed by atoms with E-state index in [0.29, 0.717) is 28.0 Å². The van der Waals surface area contributed by atoms with E-state index in [9.17, 15) is 14.4 Å². The number of carbonyl (C=O) groups is 1. The molecule has 0 aliphatic heterocycles. The molecule has 1 aromatic carbocycles. The molecule has 1 aromatic heterocycles. The Labute approximate surface area is 168 Å². The third-order valence-corrected chi connectivity index (χ3v) is 6.01. The third kappa shape index (κ3) is 4.87. The predicted octanol–water partition coefficient (Wildman–Crippen LogP) is 4.24. The molecule has 1 aliphatic carbocycles. The molecule has 1 saturated carbocycles. The van der Waals surface area contributed by atoms with Gasteiger partial charge in [-0.05, 0) is 50.3 Å². The Kier molecular flexibility index (Phi) is 6.63. The largest absolute Gasteiger partial charge is 0.348 e. The summed E-state index contributed by atoms with van der Waals surface area (Å²) in [6.45, 7) is 3.53. The van der Waals surface area contributed by atoms with E-state index in [1.807, 2.05) is 0 Å². The van der Waals surface area contributed by atoms with E-state index in [1.54, 1.807) is 26.0 Å². The second-order valence-electron chi connectivity index (χ2n) is 7.08. The highest BCUT2D eigenvalue weighted by molar-refractivity contribution is 8.00. The van der Waals surface area contributed by atoms with Gasteiger partial charge in [0.05, 0.1) is 17.5 Å². The van der Waals surface area contributed by atoms with Gasteiger partial charge in [-0.15, -0.1) is 0 Å². The summed E-state index contributed by atoms with van der Waals surface area (Å²) >= 11 is 1.24. The highest BCUT2D eigenvalue weighted by Gasteiger charge is 2.28. The summed E-state index contributed by atoms with van der Waals surface area (Å²) in [5, 5.41) is 13.0. The molecule has 0 radical (unpaired) electrons. The van der Waals surface area contributed by atoms with Crippen LogP contribution in [-0.4, -0.2) is 21.6 Å². The van der Waals surface area contributed by atoms with Crippen molar-refractivity contribution in [1.82, 2.24) is 15.3 Å². The van der Waals surface area contributed by atoms with Crippen molar-refractivity contribution in [3.8, 4) is 6.07 Å². The van der Waals surface area contributed by atoms with E-state index in [4.69, 9.17) is 0 Å². The molecule has 3 rings (SSSR count). The number of aromatic nitrogens is 2. The number of halogens is 1. The number of nitriles is 1. The number of aryl methyl sites for hydroxylation is 2. The van der Waals surface area contributed by atoms with Crippen LogP contribution in [0, 0.1) is 36.9 Å². The van der Waals surface area contributed by atoms with Crippen molar-refractivity contribution in [3.63, 3.8) is 0 Å². The Hall–Kier alpha value is -2.46. The minimum Gasteiger partial charge on any atom is -0.348 e. The van der Waals surface area contributed by atoms with Crippen LogP contribution in [-0.2, 0) is 4.79 Å². The highest BCUT2D eigenvalue weighted by atomic mass is 32.2. The molecule has 1 heterocycles. The molecular formula is C21H23FN4OS. The minimum absolute atomic E-state index is 0.121. The molecule has 0 saturated heterocycles. The van der Waals surface area contributed by atoms with E-state index in [1.165, 1.54) is 23.9 Å². The van der Waals surface area contributed by atoms with Crippen molar-refractivity contribution < 1.29 is 9.18 Å². The fourth-order valence-corrected chi connectivity index (χ4v) is 4.58. The number of carbonyl (C=O) groups excluding carboxylic acids is 1. The standard InChI is InChI=1S/C21H23FN4OS/c1-13-18(11-23)21(25-14(2)24-13)28-12-19(27)26-20(15-5-3-4-6-15)16-7-9-17(22)10-8-16/h7-10,15,20H,3-6,12H2,1-2H3,(H,26,27). The zero-order valence-corrected chi connectivity index (χ0v) is 16.9. The van der Waals surface area contributed by atoms with Crippen LogP contribution < -0.4 is 5.32 Å². The zero-order valence-electron chi connectivity index (χ0n) is 16.0. The molecule has 28 heavy (non-hydrogen) atoms. The lowest BCUT2D eigenvalue weighted by molar-refractivity contribution is -0.119. The van der Waals surface area contributed by atoms with Gasteiger partial charge in [0.2, 0.25) is 5.91 Å². The fourth-order valence-electron chi connectivity index (χ4n) is 3.70. The lowest BCUT2D eigenvalue weighted by Gasteiger charge is -2.25. The third-order valence-electron chi connectivity index (χ3n) is 5.04. The maximum absolute atomic E-state index is 13.3. The summed E-state index contributed by atoms with van der Waals surface area (Å²) < 4.78 is 13.3. The van der Waals surface area contributed by atoms with Crippen LogP contribution in [0.5, 0.6) is 0 Å². The first kappa shape index (κ1) is 20.3. The molecule has 1 unspecified atom stereocenters. The SMILES string of the molecule is Cc1nc(C)c(C#N)c(SCC(=O)NC(c2ccc(F)cc2)C2CCCC2)n1. The van der Waals surface area contributed by atoms with E-state index in [-0.39, 0.29) is 23.5 Å². The van der Waals surface area contributed by atoms with Crippen molar-refractivity contribution in [2.24, 2.45) is 5.92 Å². The summed E-state index contributed by atoms with van der Waals surface area (Å²) in [5.41, 5.74) is 1.96. The molecule has 5 nitrogen and oxygen atoms in total. The number of benzene rings is 1. The predicted molar refractivity (Wildman–Crippen MR) is 106 cm³/mol. The zero-order chi connectivity index (χ0) is 20.1. The Morgan fingerprint density at radius 3 is 2.61 bits per heavy atom. The lowest BCUT2D eigenvalue weighted by Crippen LogP contribution is -2.34.